The molecule has 3 nitrogen and oxygen atoms in total. The summed E-state index contributed by atoms with van der Waals surface area (Å²) >= 11 is 0. The van der Waals surface area contributed by atoms with Gasteiger partial charge in [-0.15, -0.1) is 0 Å². The summed E-state index contributed by atoms with van der Waals surface area (Å²) in [6.45, 7) is 10.8. The van der Waals surface area contributed by atoms with Crippen molar-refractivity contribution >= 4 is 0 Å². The van der Waals surface area contributed by atoms with Crippen molar-refractivity contribution < 1.29 is 0 Å². The molecule has 2 atom stereocenters. The maximum Gasteiger partial charge on any atom is 0.0377 e. The summed E-state index contributed by atoms with van der Waals surface area (Å²) in [5.41, 5.74) is 6.44. The Hall–Kier alpha value is -0.120. The van der Waals surface area contributed by atoms with Crippen LogP contribution in [0.5, 0.6) is 0 Å². The lowest BCUT2D eigenvalue weighted by Crippen LogP contribution is -2.64. The summed E-state index contributed by atoms with van der Waals surface area (Å²) in [7, 11) is 0. The minimum Gasteiger partial charge on any atom is -0.326 e. The smallest absolute Gasteiger partial charge is 0.0377 e. The highest BCUT2D eigenvalue weighted by Gasteiger charge is 2.40. The van der Waals surface area contributed by atoms with Gasteiger partial charge in [-0.25, -0.2) is 0 Å². The van der Waals surface area contributed by atoms with E-state index in [4.69, 9.17) is 5.73 Å². The highest BCUT2D eigenvalue weighted by Crippen LogP contribution is 2.31. The van der Waals surface area contributed by atoms with Gasteiger partial charge >= 0.3 is 0 Å². The standard InChI is InChI=1S/C14H29N3/c1-3-7-16(8-4-2)11-13-14(15)12-5-9-17(13)10-6-12/h12-14H,3-11,15H2,1-2H3. The van der Waals surface area contributed by atoms with E-state index in [2.05, 4.69) is 23.6 Å². The van der Waals surface area contributed by atoms with Gasteiger partial charge in [0.15, 0.2) is 0 Å². The first-order valence-electron chi connectivity index (χ1n) is 7.48. The predicted octanol–water partition coefficient (Wildman–Crippen LogP) is 1.53. The second-order valence-corrected chi connectivity index (χ2v) is 5.82. The van der Waals surface area contributed by atoms with Crippen molar-refractivity contribution in [3.05, 3.63) is 0 Å². The maximum atomic E-state index is 6.44. The first kappa shape index (κ1) is 13.3. The van der Waals surface area contributed by atoms with Crippen LogP contribution >= 0.6 is 0 Å². The van der Waals surface area contributed by atoms with Crippen LogP contribution < -0.4 is 5.73 Å². The molecule has 0 aromatic rings. The van der Waals surface area contributed by atoms with Crippen LogP contribution in [0.1, 0.15) is 39.5 Å². The van der Waals surface area contributed by atoms with E-state index < -0.39 is 0 Å². The van der Waals surface area contributed by atoms with Crippen molar-refractivity contribution in [3.8, 4) is 0 Å². The van der Waals surface area contributed by atoms with Crippen molar-refractivity contribution in [2.24, 2.45) is 11.7 Å². The van der Waals surface area contributed by atoms with Gasteiger partial charge in [0.05, 0.1) is 0 Å². The average Bonchev–Trinajstić information content (AvgIpc) is 2.35. The van der Waals surface area contributed by atoms with E-state index in [-0.39, 0.29) is 0 Å². The van der Waals surface area contributed by atoms with Gasteiger partial charge in [0.1, 0.15) is 0 Å². The van der Waals surface area contributed by atoms with E-state index in [0.717, 1.165) is 5.92 Å². The number of nitrogens with zero attached hydrogens (tertiary/aromatic N) is 2. The van der Waals surface area contributed by atoms with Gasteiger partial charge in [-0.05, 0) is 57.8 Å². The quantitative estimate of drug-likeness (QED) is 0.763. The largest absolute Gasteiger partial charge is 0.326 e. The fourth-order valence-electron chi connectivity index (χ4n) is 3.62. The van der Waals surface area contributed by atoms with Gasteiger partial charge < -0.3 is 10.6 Å². The highest BCUT2D eigenvalue weighted by molar-refractivity contribution is 4.98. The minimum atomic E-state index is 0.425. The summed E-state index contributed by atoms with van der Waals surface area (Å²) in [5, 5.41) is 0. The van der Waals surface area contributed by atoms with E-state index in [9.17, 15) is 0 Å². The number of hydrogen-bond acceptors (Lipinski definition) is 3. The Labute approximate surface area is 106 Å². The van der Waals surface area contributed by atoms with Crippen molar-refractivity contribution in [1.29, 1.82) is 0 Å². The number of nitrogens with two attached hydrogens (primary N) is 1. The molecule has 17 heavy (non-hydrogen) atoms. The molecule has 2 N–H and O–H groups in total. The third kappa shape index (κ3) is 3.01. The lowest BCUT2D eigenvalue weighted by atomic mass is 9.79. The Kier molecular flexibility index (Phi) is 4.83. The number of rotatable bonds is 6. The van der Waals surface area contributed by atoms with Crippen LogP contribution in [-0.2, 0) is 0 Å². The van der Waals surface area contributed by atoms with Crippen molar-refractivity contribution in [2.75, 3.05) is 32.7 Å². The van der Waals surface area contributed by atoms with Gasteiger partial charge in [0.25, 0.3) is 0 Å². The Morgan fingerprint density at radius 3 is 2.18 bits per heavy atom. The first-order chi connectivity index (χ1) is 8.26. The second kappa shape index (κ2) is 6.17. The molecule has 0 aliphatic carbocycles. The average molecular weight is 239 g/mol. The molecule has 3 saturated heterocycles. The van der Waals surface area contributed by atoms with Crippen molar-refractivity contribution in [1.82, 2.24) is 9.80 Å². The molecule has 0 aromatic heterocycles. The summed E-state index contributed by atoms with van der Waals surface area (Å²) in [5.74, 6) is 0.801. The van der Waals surface area contributed by atoms with Crippen LogP contribution in [0.25, 0.3) is 0 Å². The molecule has 0 aromatic carbocycles. The summed E-state index contributed by atoms with van der Waals surface area (Å²) in [6.07, 6.45) is 5.18. The van der Waals surface area contributed by atoms with E-state index in [0.29, 0.717) is 12.1 Å². The first-order valence-corrected chi connectivity index (χ1v) is 7.48. The minimum absolute atomic E-state index is 0.425. The Morgan fingerprint density at radius 2 is 1.71 bits per heavy atom. The van der Waals surface area contributed by atoms with Crippen LogP contribution in [-0.4, -0.2) is 54.6 Å². The molecule has 0 saturated carbocycles. The maximum absolute atomic E-state index is 6.44. The molecule has 3 fully saturated rings. The van der Waals surface area contributed by atoms with Gasteiger partial charge in [-0.1, -0.05) is 13.8 Å². The normalized spacial score (nSPS) is 36.7. The third-order valence-corrected chi connectivity index (χ3v) is 4.56. The lowest BCUT2D eigenvalue weighted by molar-refractivity contribution is 0.00946. The fraction of sp³-hybridized carbons (Fsp3) is 1.00. The summed E-state index contributed by atoms with van der Waals surface area (Å²) < 4.78 is 0. The zero-order chi connectivity index (χ0) is 12.3. The molecule has 2 bridgehead atoms. The summed E-state index contributed by atoms with van der Waals surface area (Å²) in [6, 6.07) is 1.05. The SMILES string of the molecule is CCCN(CCC)CC1C(N)C2CCN1CC2. The number of hydrogen-bond donors (Lipinski definition) is 1. The van der Waals surface area contributed by atoms with E-state index in [1.165, 1.54) is 58.4 Å². The van der Waals surface area contributed by atoms with Gasteiger partial charge in [0.2, 0.25) is 0 Å². The number of fused-ring (bicyclic) bond motifs is 3. The van der Waals surface area contributed by atoms with Crippen LogP contribution in [0.15, 0.2) is 0 Å². The topological polar surface area (TPSA) is 32.5 Å². The van der Waals surface area contributed by atoms with E-state index in [1.807, 2.05) is 0 Å². The molecule has 3 aliphatic heterocycles. The van der Waals surface area contributed by atoms with Crippen molar-refractivity contribution in [3.63, 3.8) is 0 Å². The molecular formula is C14H29N3. The van der Waals surface area contributed by atoms with Crippen LogP contribution in [0.2, 0.25) is 0 Å². The predicted molar refractivity (Wildman–Crippen MR) is 73.1 cm³/mol. The second-order valence-electron chi connectivity index (χ2n) is 5.82. The molecule has 100 valence electrons. The molecule has 3 aliphatic rings. The fourth-order valence-corrected chi connectivity index (χ4v) is 3.62. The molecule has 0 spiro atoms. The number of piperidine rings is 3. The Morgan fingerprint density at radius 1 is 1.12 bits per heavy atom. The van der Waals surface area contributed by atoms with Crippen LogP contribution in [0.3, 0.4) is 0 Å². The van der Waals surface area contributed by atoms with Gasteiger partial charge in [-0.2, -0.15) is 0 Å². The molecule has 0 amide bonds. The molecular weight excluding hydrogens is 210 g/mol. The Balaban J connectivity index is 1.91. The lowest BCUT2D eigenvalue weighted by Gasteiger charge is -2.51. The van der Waals surface area contributed by atoms with E-state index in [1.54, 1.807) is 0 Å². The van der Waals surface area contributed by atoms with Crippen LogP contribution in [0, 0.1) is 5.92 Å². The zero-order valence-electron chi connectivity index (χ0n) is 11.6. The molecule has 2 unspecified atom stereocenters. The zero-order valence-corrected chi connectivity index (χ0v) is 11.6. The molecule has 3 heteroatoms. The highest BCUT2D eigenvalue weighted by atomic mass is 15.3. The third-order valence-electron chi connectivity index (χ3n) is 4.56. The van der Waals surface area contributed by atoms with Gasteiger partial charge in [0, 0.05) is 18.6 Å². The molecule has 0 radical (unpaired) electrons. The Bertz CT molecular complexity index is 216. The molecule has 3 heterocycles. The van der Waals surface area contributed by atoms with Crippen LogP contribution in [0.4, 0.5) is 0 Å². The monoisotopic (exact) mass is 239 g/mol. The molecule has 3 rings (SSSR count). The van der Waals surface area contributed by atoms with Gasteiger partial charge in [-0.3, -0.25) is 4.90 Å². The van der Waals surface area contributed by atoms with E-state index >= 15 is 0 Å². The summed E-state index contributed by atoms with van der Waals surface area (Å²) in [4.78, 5) is 5.26. The van der Waals surface area contributed by atoms with Crippen molar-refractivity contribution in [2.45, 2.75) is 51.6 Å².